The molecule has 14 heavy (non-hydrogen) atoms. The highest BCUT2D eigenvalue weighted by molar-refractivity contribution is 5.41. The summed E-state index contributed by atoms with van der Waals surface area (Å²) in [5, 5.41) is 9.57. The maximum Gasteiger partial charge on any atom is 0.119 e. The minimum atomic E-state index is 0. The van der Waals surface area contributed by atoms with E-state index < -0.39 is 0 Å². The predicted molar refractivity (Wildman–Crippen MR) is 60.9 cm³/mol. The van der Waals surface area contributed by atoms with E-state index >= 15 is 0 Å². The molecule has 0 radical (unpaired) electrons. The molecule has 0 aliphatic carbocycles. The molecule has 2 nitrogen and oxygen atoms in total. The summed E-state index contributed by atoms with van der Waals surface area (Å²) in [5.74, 6) is 0.347. The zero-order chi connectivity index (χ0) is 9.68. The Kier molecular flexibility index (Phi) is 5.34. The van der Waals surface area contributed by atoms with E-state index in [9.17, 15) is 5.11 Å². The highest BCUT2D eigenvalue weighted by Crippen LogP contribution is 2.22. The lowest BCUT2D eigenvalue weighted by Gasteiger charge is -2.07. The van der Waals surface area contributed by atoms with Gasteiger partial charge in [-0.3, -0.25) is 0 Å². The van der Waals surface area contributed by atoms with Gasteiger partial charge in [-0.2, -0.15) is 0 Å². The monoisotopic (exact) mass is 191 g/mol. The first-order valence-corrected chi connectivity index (χ1v) is 4.31. The number of hydrogen-bond acceptors (Lipinski definition) is 2. The topological polar surface area (TPSA) is 55.2 Å². The van der Waals surface area contributed by atoms with Gasteiger partial charge in [0.2, 0.25) is 0 Å². The fourth-order valence-corrected chi connectivity index (χ4v) is 1.35. The maximum atomic E-state index is 9.57. The maximum absolute atomic E-state index is 9.57. The van der Waals surface area contributed by atoms with Crippen LogP contribution in [0.1, 0.15) is 11.1 Å². The summed E-state index contributed by atoms with van der Waals surface area (Å²) in [6, 6.07) is 5.55. The lowest BCUT2D eigenvalue weighted by Crippen LogP contribution is -1.91. The summed E-state index contributed by atoms with van der Waals surface area (Å²) in [5.41, 5.74) is 2.08. The first-order valence-electron chi connectivity index (χ1n) is 4.31. The van der Waals surface area contributed by atoms with Crippen molar-refractivity contribution in [1.82, 2.24) is 6.15 Å². The third-order valence-electron chi connectivity index (χ3n) is 1.96. The van der Waals surface area contributed by atoms with Crippen molar-refractivity contribution in [2.24, 2.45) is 0 Å². The van der Waals surface area contributed by atoms with E-state index in [2.05, 4.69) is 13.2 Å². The van der Waals surface area contributed by atoms with Crippen LogP contribution in [-0.4, -0.2) is 5.11 Å². The molecule has 1 rings (SSSR count). The molecule has 0 bridgehead atoms. The van der Waals surface area contributed by atoms with Crippen molar-refractivity contribution in [1.29, 1.82) is 0 Å². The quantitative estimate of drug-likeness (QED) is 0.719. The van der Waals surface area contributed by atoms with Crippen molar-refractivity contribution >= 4 is 0 Å². The number of allylic oxidation sites excluding steroid dienone is 2. The van der Waals surface area contributed by atoms with Crippen LogP contribution in [0.3, 0.4) is 0 Å². The Morgan fingerprint density at radius 1 is 1.14 bits per heavy atom. The zero-order valence-electron chi connectivity index (χ0n) is 8.37. The normalized spacial score (nSPS) is 8.86. The molecule has 0 atom stereocenters. The van der Waals surface area contributed by atoms with Crippen LogP contribution in [0.2, 0.25) is 0 Å². The van der Waals surface area contributed by atoms with Crippen LogP contribution < -0.4 is 6.15 Å². The van der Waals surface area contributed by atoms with E-state index in [1.54, 1.807) is 12.1 Å². The van der Waals surface area contributed by atoms with Gasteiger partial charge in [0, 0.05) is 5.56 Å². The number of phenols is 1. The summed E-state index contributed by atoms with van der Waals surface area (Å²) >= 11 is 0. The molecule has 0 saturated heterocycles. The third kappa shape index (κ3) is 2.75. The average Bonchev–Trinajstić information content (AvgIpc) is 2.11. The number of hydrogen-bond donors (Lipinski definition) is 2. The second kappa shape index (κ2) is 6.00. The molecule has 4 N–H and O–H groups in total. The largest absolute Gasteiger partial charge is 0.508 e. The second-order valence-electron chi connectivity index (χ2n) is 2.90. The summed E-state index contributed by atoms with van der Waals surface area (Å²) < 4.78 is 0. The van der Waals surface area contributed by atoms with Crippen LogP contribution in [0.25, 0.3) is 0 Å². The van der Waals surface area contributed by atoms with Crippen molar-refractivity contribution < 1.29 is 5.11 Å². The molecule has 0 spiro atoms. The van der Waals surface area contributed by atoms with E-state index in [0.717, 1.165) is 17.5 Å². The van der Waals surface area contributed by atoms with Crippen LogP contribution in [0.5, 0.6) is 5.75 Å². The van der Waals surface area contributed by atoms with Gasteiger partial charge in [-0.1, -0.05) is 24.3 Å². The number of aromatic hydroxyl groups is 1. The van der Waals surface area contributed by atoms with Gasteiger partial charge in [0.15, 0.2) is 0 Å². The Balaban J connectivity index is 0.00000169. The van der Waals surface area contributed by atoms with Gasteiger partial charge in [-0.15, -0.1) is 13.2 Å². The van der Waals surface area contributed by atoms with Crippen LogP contribution in [-0.2, 0) is 12.8 Å². The Hall–Kier alpha value is -1.54. The van der Waals surface area contributed by atoms with Gasteiger partial charge < -0.3 is 11.3 Å². The van der Waals surface area contributed by atoms with Gasteiger partial charge in [0.05, 0.1) is 0 Å². The van der Waals surface area contributed by atoms with E-state index in [0.29, 0.717) is 12.2 Å². The van der Waals surface area contributed by atoms with E-state index in [1.807, 2.05) is 18.2 Å². The molecule has 0 amide bonds. The predicted octanol–water partition coefficient (Wildman–Crippen LogP) is 3.01. The summed E-state index contributed by atoms with van der Waals surface area (Å²) in [4.78, 5) is 0. The standard InChI is InChI=1S/C12H14O.H3N/c1-3-6-10-8-5-9-12(13)11(10)7-4-2;/h3-5,8-9,13H,1-2,6-7H2;1H3. The molecule has 0 aromatic heterocycles. The van der Waals surface area contributed by atoms with Gasteiger partial charge in [0.1, 0.15) is 5.75 Å². The molecule has 0 fully saturated rings. The molecule has 76 valence electrons. The summed E-state index contributed by atoms with van der Waals surface area (Å²) in [6.07, 6.45) is 5.12. The van der Waals surface area contributed by atoms with E-state index in [4.69, 9.17) is 0 Å². The summed E-state index contributed by atoms with van der Waals surface area (Å²) in [6.45, 7) is 7.34. The lowest BCUT2D eigenvalue weighted by atomic mass is 10.0. The van der Waals surface area contributed by atoms with Gasteiger partial charge in [0.25, 0.3) is 0 Å². The molecule has 1 aromatic rings. The smallest absolute Gasteiger partial charge is 0.119 e. The number of rotatable bonds is 4. The van der Waals surface area contributed by atoms with Crippen LogP contribution >= 0.6 is 0 Å². The molecule has 2 heteroatoms. The van der Waals surface area contributed by atoms with Crippen molar-refractivity contribution in [2.45, 2.75) is 12.8 Å². The van der Waals surface area contributed by atoms with Crippen LogP contribution in [0.4, 0.5) is 0 Å². The fourth-order valence-electron chi connectivity index (χ4n) is 1.35. The molecule has 0 saturated carbocycles. The molecule has 0 heterocycles. The van der Waals surface area contributed by atoms with Crippen LogP contribution in [0, 0.1) is 0 Å². The van der Waals surface area contributed by atoms with E-state index in [-0.39, 0.29) is 6.15 Å². The number of benzene rings is 1. The Bertz CT molecular complexity index is 318. The average molecular weight is 191 g/mol. The van der Waals surface area contributed by atoms with Gasteiger partial charge >= 0.3 is 0 Å². The highest BCUT2D eigenvalue weighted by Gasteiger charge is 2.03. The first-order chi connectivity index (χ1) is 6.29. The van der Waals surface area contributed by atoms with Gasteiger partial charge in [-0.05, 0) is 24.5 Å². The Morgan fingerprint density at radius 2 is 1.79 bits per heavy atom. The van der Waals surface area contributed by atoms with Crippen molar-refractivity contribution in [3.05, 3.63) is 54.6 Å². The molecule has 1 aromatic carbocycles. The lowest BCUT2D eigenvalue weighted by molar-refractivity contribution is 0.469. The Labute approximate surface area is 85.2 Å². The first kappa shape index (κ1) is 12.5. The molecular weight excluding hydrogens is 174 g/mol. The van der Waals surface area contributed by atoms with Crippen molar-refractivity contribution in [3.63, 3.8) is 0 Å². The van der Waals surface area contributed by atoms with E-state index in [1.165, 1.54) is 0 Å². The van der Waals surface area contributed by atoms with Crippen molar-refractivity contribution in [3.8, 4) is 5.75 Å². The zero-order valence-corrected chi connectivity index (χ0v) is 8.37. The minimum absolute atomic E-state index is 0. The number of phenolic OH excluding ortho intramolecular Hbond substituents is 1. The summed E-state index contributed by atoms with van der Waals surface area (Å²) in [7, 11) is 0. The SMILES string of the molecule is C=CCc1cccc(O)c1CC=C.N. The van der Waals surface area contributed by atoms with Gasteiger partial charge in [-0.25, -0.2) is 0 Å². The molecule has 0 aliphatic heterocycles. The third-order valence-corrected chi connectivity index (χ3v) is 1.96. The van der Waals surface area contributed by atoms with Crippen molar-refractivity contribution in [2.75, 3.05) is 0 Å². The Morgan fingerprint density at radius 3 is 2.36 bits per heavy atom. The molecule has 0 aliphatic rings. The van der Waals surface area contributed by atoms with Crippen LogP contribution in [0.15, 0.2) is 43.5 Å². The minimum Gasteiger partial charge on any atom is -0.508 e. The molecular formula is C12H17NO. The highest BCUT2D eigenvalue weighted by atomic mass is 16.3. The second-order valence-corrected chi connectivity index (χ2v) is 2.90. The molecule has 0 unspecified atom stereocenters. The fraction of sp³-hybridized carbons (Fsp3) is 0.167.